The third kappa shape index (κ3) is 12.1. The van der Waals surface area contributed by atoms with Crippen LogP contribution in [-0.4, -0.2) is 95.4 Å². The molecule has 0 amide bonds. The molecule has 13 nitrogen and oxygen atoms in total. The van der Waals surface area contributed by atoms with Crippen molar-refractivity contribution in [2.24, 2.45) is 0 Å². The van der Waals surface area contributed by atoms with E-state index in [-0.39, 0.29) is 25.2 Å². The summed E-state index contributed by atoms with van der Waals surface area (Å²) >= 11 is 0. The zero-order valence-electron chi connectivity index (χ0n) is 23.9. The number of esters is 4. The molecule has 1 rings (SSSR count). The van der Waals surface area contributed by atoms with Gasteiger partial charge in [-0.15, -0.1) is 0 Å². The molecule has 0 bridgehead atoms. The predicted molar refractivity (Wildman–Crippen MR) is 136 cm³/mol. The van der Waals surface area contributed by atoms with Crippen molar-refractivity contribution in [1.82, 2.24) is 0 Å². The van der Waals surface area contributed by atoms with Gasteiger partial charge in [0, 0.05) is 66.4 Å². The Hall–Kier alpha value is -2.39. The lowest BCUT2D eigenvalue weighted by Crippen LogP contribution is -2.62. The molecule has 39 heavy (non-hydrogen) atoms. The van der Waals surface area contributed by atoms with Gasteiger partial charge >= 0.3 is 32.7 Å². The summed E-state index contributed by atoms with van der Waals surface area (Å²) < 4.78 is 44.7. The van der Waals surface area contributed by atoms with Crippen molar-refractivity contribution in [3.8, 4) is 0 Å². The fraction of sp³-hybridized carbons (Fsp3) is 0.800. The number of hydrogen-bond donors (Lipinski definition) is 0. The van der Waals surface area contributed by atoms with Crippen molar-refractivity contribution >= 4 is 38.5 Å². The van der Waals surface area contributed by atoms with Crippen molar-refractivity contribution in [3.05, 3.63) is 0 Å². The average molecular weight is 579 g/mol. The quantitative estimate of drug-likeness (QED) is 0.140. The van der Waals surface area contributed by atoms with E-state index in [9.17, 15) is 24.0 Å². The van der Waals surface area contributed by atoms with Crippen LogP contribution in [0.5, 0.6) is 0 Å². The maximum atomic E-state index is 13.1. The normalized spacial score (nSPS) is 23.0. The Morgan fingerprint density at radius 2 is 1.13 bits per heavy atom. The van der Waals surface area contributed by atoms with Gasteiger partial charge in [-0.2, -0.15) is 0 Å². The van der Waals surface area contributed by atoms with Crippen molar-refractivity contribution in [1.29, 1.82) is 0 Å². The molecule has 1 saturated heterocycles. The number of Topliss-reactive ketones (excluding diaryl/α,β-unsaturated/α-hetero) is 1. The minimum absolute atomic E-state index is 0.120. The molecule has 0 N–H and O–H groups in total. The fourth-order valence-corrected chi connectivity index (χ4v) is 6.92. The van der Waals surface area contributed by atoms with Crippen LogP contribution in [0.25, 0.3) is 0 Å². The molecule has 1 aliphatic heterocycles. The van der Waals surface area contributed by atoms with Crippen molar-refractivity contribution in [2.75, 3.05) is 26.4 Å². The van der Waals surface area contributed by atoms with Crippen LogP contribution in [0.4, 0.5) is 0 Å². The van der Waals surface area contributed by atoms with Gasteiger partial charge in [0.2, 0.25) is 0 Å². The number of rotatable bonds is 17. The number of carbonyl (C=O) groups is 5. The number of hydrogen-bond acceptors (Lipinski definition) is 13. The van der Waals surface area contributed by atoms with Gasteiger partial charge in [-0.25, -0.2) is 0 Å². The second-order valence-electron chi connectivity index (χ2n) is 8.82. The van der Waals surface area contributed by atoms with Gasteiger partial charge in [0.25, 0.3) is 0 Å². The maximum absolute atomic E-state index is 13.1. The van der Waals surface area contributed by atoms with Gasteiger partial charge in [0.15, 0.2) is 18.3 Å². The average Bonchev–Trinajstić information content (AvgIpc) is 2.81. The van der Waals surface area contributed by atoms with Crippen LogP contribution < -0.4 is 0 Å². The van der Waals surface area contributed by atoms with E-state index in [1.807, 2.05) is 20.8 Å². The smallest absolute Gasteiger partial charge is 0.463 e. The molecule has 0 spiro atoms. The minimum atomic E-state index is -2.94. The van der Waals surface area contributed by atoms with Crippen molar-refractivity contribution in [2.45, 2.75) is 104 Å². The molecule has 0 aromatic heterocycles. The standard InChI is InChI=1S/C25H42O13Si/c1-8-32-39(33-9-2,34-10-3)13-11-12-20(30)14-21-23(35-17(5)27)25(37-19(7)29)24(36-18(6)28)22(38-21)15-31-16(4)26/h21-25H,8-15H2,1-7H3/t21-,22?,23?,24+,25+/m0/s1. The van der Waals surface area contributed by atoms with Crippen molar-refractivity contribution in [3.63, 3.8) is 0 Å². The Balaban J connectivity index is 3.16. The topological polar surface area (TPSA) is 159 Å². The largest absolute Gasteiger partial charge is 0.500 e. The lowest BCUT2D eigenvalue weighted by atomic mass is 9.91. The fourth-order valence-electron chi connectivity index (χ4n) is 4.31. The first-order valence-electron chi connectivity index (χ1n) is 13.1. The monoisotopic (exact) mass is 578 g/mol. The molecule has 5 atom stereocenters. The lowest BCUT2D eigenvalue weighted by molar-refractivity contribution is -0.252. The molecule has 1 aliphatic rings. The molecule has 1 heterocycles. The Labute approximate surface area is 230 Å². The molecule has 0 aromatic carbocycles. The summed E-state index contributed by atoms with van der Waals surface area (Å²) in [6, 6.07) is 0.423. The number of carbonyl (C=O) groups excluding carboxylic acids is 5. The summed E-state index contributed by atoms with van der Waals surface area (Å²) in [5, 5.41) is 0. The summed E-state index contributed by atoms with van der Waals surface area (Å²) in [6.07, 6.45) is -5.70. The van der Waals surface area contributed by atoms with Gasteiger partial charge in [0.05, 0.1) is 0 Å². The van der Waals surface area contributed by atoms with E-state index in [1.54, 1.807) is 0 Å². The second-order valence-corrected chi connectivity index (χ2v) is 11.5. The molecular weight excluding hydrogens is 536 g/mol. The summed E-state index contributed by atoms with van der Waals surface area (Å²) in [5.74, 6) is -3.04. The van der Waals surface area contributed by atoms with Gasteiger partial charge in [0.1, 0.15) is 24.6 Å². The van der Waals surface area contributed by atoms with Crippen LogP contribution in [0, 0.1) is 0 Å². The molecule has 2 unspecified atom stereocenters. The van der Waals surface area contributed by atoms with Gasteiger partial charge in [-0.3, -0.25) is 24.0 Å². The third-order valence-corrected chi connectivity index (χ3v) is 8.70. The SMILES string of the molecule is CCO[Si](CCCC(=O)C[C@@H]1OC(COC(C)=O)[C@@H](OC(C)=O)[C@H](OC(C)=O)C1OC(C)=O)(OCC)OCC. The Morgan fingerprint density at radius 1 is 0.667 bits per heavy atom. The summed E-state index contributed by atoms with van der Waals surface area (Å²) in [7, 11) is -2.94. The number of ketones is 1. The van der Waals surface area contributed by atoms with Crippen LogP contribution in [0.1, 0.15) is 67.7 Å². The first-order valence-corrected chi connectivity index (χ1v) is 15.0. The third-order valence-electron chi connectivity index (χ3n) is 5.55. The summed E-state index contributed by atoms with van der Waals surface area (Å²) in [4.78, 5) is 60.2. The van der Waals surface area contributed by atoms with E-state index in [2.05, 4.69) is 0 Å². The maximum Gasteiger partial charge on any atom is 0.500 e. The highest BCUT2D eigenvalue weighted by Gasteiger charge is 2.52. The second kappa shape index (κ2) is 17.3. The first kappa shape index (κ1) is 34.6. The Kier molecular flexibility index (Phi) is 15.4. The molecule has 14 heteroatoms. The highest BCUT2D eigenvalue weighted by Crippen LogP contribution is 2.31. The van der Waals surface area contributed by atoms with Gasteiger partial charge in [-0.05, 0) is 27.2 Å². The van der Waals surface area contributed by atoms with E-state index in [1.165, 1.54) is 6.92 Å². The van der Waals surface area contributed by atoms with Crippen LogP contribution in [-0.2, 0) is 60.9 Å². The molecule has 0 radical (unpaired) electrons. The summed E-state index contributed by atoms with van der Waals surface area (Å²) in [5.41, 5.74) is 0. The zero-order valence-corrected chi connectivity index (χ0v) is 24.9. The van der Waals surface area contributed by atoms with Crippen LogP contribution in [0.15, 0.2) is 0 Å². The first-order chi connectivity index (χ1) is 18.4. The Bertz CT molecular complexity index is 816. The molecule has 0 aromatic rings. The van der Waals surface area contributed by atoms with Crippen LogP contribution >= 0.6 is 0 Å². The minimum Gasteiger partial charge on any atom is -0.463 e. The van der Waals surface area contributed by atoms with E-state index >= 15 is 0 Å². The predicted octanol–water partition coefficient (Wildman–Crippen LogP) is 1.90. The van der Waals surface area contributed by atoms with Crippen molar-refractivity contribution < 1.29 is 60.9 Å². The highest BCUT2D eigenvalue weighted by molar-refractivity contribution is 6.60. The lowest BCUT2D eigenvalue weighted by Gasteiger charge is -2.44. The molecule has 224 valence electrons. The molecule has 1 fully saturated rings. The van der Waals surface area contributed by atoms with E-state index in [4.69, 9.17) is 37.0 Å². The van der Waals surface area contributed by atoms with E-state index < -0.39 is 63.2 Å². The van der Waals surface area contributed by atoms with E-state index in [0.717, 1.165) is 20.8 Å². The molecule has 0 aliphatic carbocycles. The zero-order chi connectivity index (χ0) is 29.6. The summed E-state index contributed by atoms with van der Waals surface area (Å²) in [6.45, 7) is 11.0. The van der Waals surface area contributed by atoms with Crippen LogP contribution in [0.3, 0.4) is 0 Å². The Morgan fingerprint density at radius 3 is 1.56 bits per heavy atom. The van der Waals surface area contributed by atoms with Gasteiger partial charge in [-0.1, -0.05) is 0 Å². The molecular formula is C25H42O13Si. The van der Waals surface area contributed by atoms with Gasteiger partial charge < -0.3 is 37.0 Å². The number of ether oxygens (including phenoxy) is 5. The van der Waals surface area contributed by atoms with E-state index in [0.29, 0.717) is 32.3 Å². The molecule has 0 saturated carbocycles. The van der Waals surface area contributed by atoms with Crippen LogP contribution in [0.2, 0.25) is 6.04 Å². The highest BCUT2D eigenvalue weighted by atomic mass is 28.4.